The third-order valence-corrected chi connectivity index (χ3v) is 5.51. The van der Waals surface area contributed by atoms with E-state index in [0.29, 0.717) is 19.1 Å². The van der Waals surface area contributed by atoms with Gasteiger partial charge in [0.05, 0.1) is 0 Å². The van der Waals surface area contributed by atoms with Gasteiger partial charge in [0, 0.05) is 11.9 Å². The number of piperidine rings is 1. The quantitative estimate of drug-likeness (QED) is 0.704. The Hall–Kier alpha value is -2.36. The SMILES string of the molecule is OC(COc1cccc2ccccc12)CN1CCC(c2ccccc2)CC1. The van der Waals surface area contributed by atoms with Gasteiger partial charge in [0.2, 0.25) is 0 Å². The van der Waals surface area contributed by atoms with Gasteiger partial charge >= 0.3 is 0 Å². The molecule has 1 atom stereocenters. The van der Waals surface area contributed by atoms with Crippen LogP contribution in [0, 0.1) is 0 Å². The molecular formula is C24H27NO2. The van der Waals surface area contributed by atoms with Gasteiger partial charge in [-0.1, -0.05) is 66.7 Å². The molecule has 1 aliphatic heterocycles. The van der Waals surface area contributed by atoms with Gasteiger partial charge in [0.15, 0.2) is 0 Å². The number of benzene rings is 3. The normalized spacial score (nSPS) is 17.1. The number of fused-ring (bicyclic) bond motifs is 1. The van der Waals surface area contributed by atoms with Crippen LogP contribution < -0.4 is 4.74 Å². The minimum Gasteiger partial charge on any atom is -0.490 e. The summed E-state index contributed by atoms with van der Waals surface area (Å²) in [5.74, 6) is 1.49. The zero-order chi connectivity index (χ0) is 18.5. The van der Waals surface area contributed by atoms with Crippen LogP contribution in [0.1, 0.15) is 24.3 Å². The van der Waals surface area contributed by atoms with Crippen LogP contribution in [0.2, 0.25) is 0 Å². The second-order valence-electron chi connectivity index (χ2n) is 7.43. The number of ether oxygens (including phenoxy) is 1. The second kappa shape index (κ2) is 8.55. The zero-order valence-electron chi connectivity index (χ0n) is 15.6. The van der Waals surface area contributed by atoms with E-state index in [-0.39, 0.29) is 0 Å². The molecule has 0 radical (unpaired) electrons. The lowest BCUT2D eigenvalue weighted by Crippen LogP contribution is -2.40. The third kappa shape index (κ3) is 4.49. The van der Waals surface area contributed by atoms with Crippen molar-refractivity contribution in [2.45, 2.75) is 24.9 Å². The van der Waals surface area contributed by atoms with Gasteiger partial charge < -0.3 is 14.7 Å². The minimum absolute atomic E-state index is 0.326. The zero-order valence-corrected chi connectivity index (χ0v) is 15.6. The first-order chi connectivity index (χ1) is 13.3. The molecule has 3 nitrogen and oxygen atoms in total. The Labute approximate surface area is 161 Å². The van der Waals surface area contributed by atoms with E-state index in [0.717, 1.165) is 42.5 Å². The molecule has 1 aliphatic rings. The number of hydrogen-bond acceptors (Lipinski definition) is 3. The Morgan fingerprint density at radius 2 is 1.59 bits per heavy atom. The van der Waals surface area contributed by atoms with Crippen molar-refractivity contribution in [2.24, 2.45) is 0 Å². The lowest BCUT2D eigenvalue weighted by molar-refractivity contribution is 0.0599. The van der Waals surface area contributed by atoms with Crippen molar-refractivity contribution in [3.63, 3.8) is 0 Å². The lowest BCUT2D eigenvalue weighted by Gasteiger charge is -2.33. The molecule has 0 aromatic heterocycles. The molecule has 1 N–H and O–H groups in total. The maximum absolute atomic E-state index is 10.5. The van der Waals surface area contributed by atoms with Gasteiger partial charge in [-0.25, -0.2) is 0 Å². The lowest BCUT2D eigenvalue weighted by atomic mass is 9.89. The van der Waals surface area contributed by atoms with Crippen LogP contribution in [0.3, 0.4) is 0 Å². The van der Waals surface area contributed by atoms with Crippen molar-refractivity contribution in [3.8, 4) is 5.75 Å². The predicted octanol–water partition coefficient (Wildman–Crippen LogP) is 4.46. The topological polar surface area (TPSA) is 32.7 Å². The van der Waals surface area contributed by atoms with E-state index >= 15 is 0 Å². The van der Waals surface area contributed by atoms with E-state index < -0.39 is 6.10 Å². The number of aliphatic hydroxyl groups excluding tert-OH is 1. The van der Waals surface area contributed by atoms with Crippen molar-refractivity contribution in [2.75, 3.05) is 26.2 Å². The Kier molecular flexibility index (Phi) is 5.71. The summed E-state index contributed by atoms with van der Waals surface area (Å²) >= 11 is 0. The summed E-state index contributed by atoms with van der Waals surface area (Å²) in [6.45, 7) is 3.06. The fraction of sp³-hybridized carbons (Fsp3) is 0.333. The van der Waals surface area contributed by atoms with Crippen molar-refractivity contribution in [1.29, 1.82) is 0 Å². The standard InChI is InChI=1S/C24H27NO2/c26-22(18-27-24-12-6-10-21-9-4-5-11-23(21)24)17-25-15-13-20(14-16-25)19-7-2-1-3-8-19/h1-12,20,22,26H,13-18H2. The minimum atomic E-state index is -0.475. The Balaban J connectivity index is 1.27. The fourth-order valence-electron chi connectivity index (χ4n) is 4.03. The van der Waals surface area contributed by atoms with Gasteiger partial charge in [-0.05, 0) is 48.9 Å². The van der Waals surface area contributed by atoms with E-state index in [1.54, 1.807) is 0 Å². The van der Waals surface area contributed by atoms with E-state index in [1.165, 1.54) is 5.56 Å². The van der Waals surface area contributed by atoms with E-state index in [2.05, 4.69) is 53.4 Å². The van der Waals surface area contributed by atoms with Crippen LogP contribution in [0.15, 0.2) is 72.8 Å². The molecule has 1 heterocycles. The summed E-state index contributed by atoms with van der Waals surface area (Å²) < 4.78 is 5.94. The van der Waals surface area contributed by atoms with Gasteiger partial charge in [0.1, 0.15) is 18.5 Å². The number of nitrogens with zero attached hydrogens (tertiary/aromatic N) is 1. The second-order valence-corrected chi connectivity index (χ2v) is 7.43. The van der Waals surface area contributed by atoms with E-state index in [4.69, 9.17) is 4.74 Å². The molecule has 1 unspecified atom stereocenters. The van der Waals surface area contributed by atoms with Crippen LogP contribution in [-0.4, -0.2) is 42.4 Å². The largest absolute Gasteiger partial charge is 0.490 e. The smallest absolute Gasteiger partial charge is 0.127 e. The summed E-state index contributed by atoms with van der Waals surface area (Å²) in [5.41, 5.74) is 1.44. The van der Waals surface area contributed by atoms with Crippen LogP contribution in [0.25, 0.3) is 10.8 Å². The number of rotatable bonds is 6. The molecular weight excluding hydrogens is 334 g/mol. The van der Waals surface area contributed by atoms with E-state index in [9.17, 15) is 5.11 Å². The van der Waals surface area contributed by atoms with E-state index in [1.807, 2.05) is 24.3 Å². The van der Waals surface area contributed by atoms with Crippen molar-refractivity contribution in [3.05, 3.63) is 78.4 Å². The van der Waals surface area contributed by atoms with Crippen LogP contribution in [-0.2, 0) is 0 Å². The van der Waals surface area contributed by atoms with Crippen molar-refractivity contribution in [1.82, 2.24) is 4.90 Å². The summed E-state index contributed by atoms with van der Waals surface area (Å²) in [6, 6.07) is 25.0. The average Bonchev–Trinajstić information content (AvgIpc) is 2.73. The molecule has 1 fully saturated rings. The number of β-amino-alcohol motifs (C(OH)–C–C–N with tert-alkyl or cyclic N) is 1. The summed E-state index contributed by atoms with van der Waals surface area (Å²) in [7, 11) is 0. The molecule has 0 spiro atoms. The molecule has 3 heteroatoms. The number of hydrogen-bond donors (Lipinski definition) is 1. The molecule has 0 saturated carbocycles. The molecule has 1 saturated heterocycles. The van der Waals surface area contributed by atoms with Crippen LogP contribution >= 0.6 is 0 Å². The fourth-order valence-corrected chi connectivity index (χ4v) is 4.03. The number of aliphatic hydroxyl groups is 1. The third-order valence-electron chi connectivity index (χ3n) is 5.51. The molecule has 4 rings (SSSR count). The molecule has 0 amide bonds. The van der Waals surface area contributed by atoms with Gasteiger partial charge in [-0.2, -0.15) is 0 Å². The highest BCUT2D eigenvalue weighted by Crippen LogP contribution is 2.28. The van der Waals surface area contributed by atoms with Gasteiger partial charge in [0.25, 0.3) is 0 Å². The average molecular weight is 361 g/mol. The highest BCUT2D eigenvalue weighted by molar-refractivity contribution is 5.88. The predicted molar refractivity (Wildman–Crippen MR) is 110 cm³/mol. The highest BCUT2D eigenvalue weighted by atomic mass is 16.5. The molecule has 0 aliphatic carbocycles. The Bertz CT molecular complexity index is 851. The molecule has 27 heavy (non-hydrogen) atoms. The summed E-state index contributed by atoms with van der Waals surface area (Å²) in [4.78, 5) is 2.36. The van der Waals surface area contributed by atoms with Gasteiger partial charge in [-0.15, -0.1) is 0 Å². The highest BCUT2D eigenvalue weighted by Gasteiger charge is 2.22. The van der Waals surface area contributed by atoms with Crippen LogP contribution in [0.5, 0.6) is 5.75 Å². The van der Waals surface area contributed by atoms with Gasteiger partial charge in [-0.3, -0.25) is 0 Å². The first-order valence-corrected chi connectivity index (χ1v) is 9.85. The van der Waals surface area contributed by atoms with Crippen molar-refractivity contribution < 1.29 is 9.84 Å². The summed E-state index contributed by atoms with van der Waals surface area (Å²) in [5, 5.41) is 12.7. The summed E-state index contributed by atoms with van der Waals surface area (Å²) in [6.07, 6.45) is 1.83. The van der Waals surface area contributed by atoms with Crippen molar-refractivity contribution >= 4 is 10.8 Å². The Morgan fingerprint density at radius 3 is 2.41 bits per heavy atom. The maximum atomic E-state index is 10.5. The first-order valence-electron chi connectivity index (χ1n) is 9.85. The molecule has 140 valence electrons. The first kappa shape index (κ1) is 18.0. The molecule has 3 aromatic rings. The van der Waals surface area contributed by atoms with Crippen LogP contribution in [0.4, 0.5) is 0 Å². The Morgan fingerprint density at radius 1 is 0.889 bits per heavy atom. The number of likely N-dealkylation sites (tertiary alicyclic amines) is 1. The monoisotopic (exact) mass is 361 g/mol. The maximum Gasteiger partial charge on any atom is 0.127 e. The molecule has 0 bridgehead atoms. The molecule has 3 aromatic carbocycles.